The summed E-state index contributed by atoms with van der Waals surface area (Å²) >= 11 is -0.857. The molecule has 1 nitrogen and oxygen atoms in total. The monoisotopic (exact) mass is 302 g/mol. The Labute approximate surface area is 113 Å². The summed E-state index contributed by atoms with van der Waals surface area (Å²) in [5, 5.41) is 12.5. The molecule has 0 saturated heterocycles. The summed E-state index contributed by atoms with van der Waals surface area (Å²) in [4.78, 5) is 2.37. The van der Waals surface area contributed by atoms with E-state index in [4.69, 9.17) is 0 Å². The fourth-order valence-electron chi connectivity index (χ4n) is 1.40. The summed E-state index contributed by atoms with van der Waals surface area (Å²) in [6.45, 7) is 12.9. The number of hydrogen-bond donors (Lipinski definition) is 1. The average molecular weight is 302 g/mol. The molecular weight excluding hydrogens is 271 g/mol. The maximum absolute atomic E-state index is 9.76. The molecule has 0 aromatic heterocycles. The van der Waals surface area contributed by atoms with Crippen LogP contribution in [-0.4, -0.2) is 25.4 Å². The SMILES string of the molecule is CC(C)CC[As](/C=C/C(C)(C)O)CCC(C)C. The Morgan fingerprint density at radius 1 is 1.00 bits per heavy atom. The van der Waals surface area contributed by atoms with Crippen molar-refractivity contribution in [1.82, 2.24) is 0 Å². The molecule has 0 spiro atoms. The van der Waals surface area contributed by atoms with Crippen molar-refractivity contribution in [2.45, 2.75) is 70.4 Å². The summed E-state index contributed by atoms with van der Waals surface area (Å²) in [6, 6.07) is 0. The van der Waals surface area contributed by atoms with E-state index in [0.717, 1.165) is 11.8 Å². The Morgan fingerprint density at radius 3 is 1.71 bits per heavy atom. The van der Waals surface area contributed by atoms with E-state index in [0.29, 0.717) is 0 Å². The van der Waals surface area contributed by atoms with Crippen molar-refractivity contribution in [3.63, 3.8) is 0 Å². The molecule has 0 bridgehead atoms. The van der Waals surface area contributed by atoms with Crippen LogP contribution < -0.4 is 0 Å². The number of rotatable bonds is 8. The van der Waals surface area contributed by atoms with Crippen molar-refractivity contribution < 1.29 is 5.11 Å². The molecule has 102 valence electrons. The van der Waals surface area contributed by atoms with Gasteiger partial charge in [0.15, 0.2) is 0 Å². The Balaban J connectivity index is 4.24. The van der Waals surface area contributed by atoms with E-state index < -0.39 is 20.3 Å². The molecule has 17 heavy (non-hydrogen) atoms. The van der Waals surface area contributed by atoms with Gasteiger partial charge in [-0.25, -0.2) is 0 Å². The molecule has 0 aliphatic carbocycles. The van der Waals surface area contributed by atoms with Gasteiger partial charge in [-0.15, -0.1) is 0 Å². The van der Waals surface area contributed by atoms with Gasteiger partial charge in [0.2, 0.25) is 0 Å². The zero-order chi connectivity index (χ0) is 13.5. The van der Waals surface area contributed by atoms with Crippen LogP contribution in [0.3, 0.4) is 0 Å². The summed E-state index contributed by atoms with van der Waals surface area (Å²) in [5.74, 6) is 1.61. The van der Waals surface area contributed by atoms with Crippen molar-refractivity contribution in [3.05, 3.63) is 10.9 Å². The van der Waals surface area contributed by atoms with E-state index in [2.05, 4.69) is 32.6 Å². The van der Waals surface area contributed by atoms with Gasteiger partial charge in [0.05, 0.1) is 0 Å². The van der Waals surface area contributed by atoms with Gasteiger partial charge in [-0.2, -0.15) is 0 Å². The predicted molar refractivity (Wildman–Crippen MR) is 79.7 cm³/mol. The van der Waals surface area contributed by atoms with E-state index in [1.807, 2.05) is 19.9 Å². The van der Waals surface area contributed by atoms with Crippen LogP contribution in [0, 0.1) is 11.8 Å². The second kappa shape index (κ2) is 8.38. The van der Waals surface area contributed by atoms with Crippen LogP contribution in [-0.2, 0) is 0 Å². The third-order valence-corrected chi connectivity index (χ3v) is 7.37. The van der Waals surface area contributed by atoms with Crippen molar-refractivity contribution in [3.8, 4) is 0 Å². The van der Waals surface area contributed by atoms with Gasteiger partial charge in [0.25, 0.3) is 0 Å². The summed E-state index contributed by atoms with van der Waals surface area (Å²) in [7, 11) is 0. The molecule has 0 aromatic rings. The minimum atomic E-state index is -0.857. The van der Waals surface area contributed by atoms with Gasteiger partial charge in [-0.1, -0.05) is 0 Å². The van der Waals surface area contributed by atoms with Crippen molar-refractivity contribution >= 4 is 14.7 Å². The first-order valence-corrected chi connectivity index (χ1v) is 10.6. The first kappa shape index (κ1) is 17.3. The molecule has 0 atom stereocenters. The predicted octanol–water partition coefficient (Wildman–Crippen LogP) is 4.44. The number of aliphatic hydroxyl groups is 1. The molecule has 2 heteroatoms. The fourth-order valence-corrected chi connectivity index (χ4v) is 7.26. The number of hydrogen-bond acceptors (Lipinski definition) is 1. The molecule has 0 fully saturated rings. The topological polar surface area (TPSA) is 20.2 Å². The van der Waals surface area contributed by atoms with Gasteiger partial charge < -0.3 is 0 Å². The van der Waals surface area contributed by atoms with Crippen LogP contribution >= 0.6 is 0 Å². The van der Waals surface area contributed by atoms with Crippen LogP contribution in [0.4, 0.5) is 0 Å². The molecule has 0 aromatic carbocycles. The zero-order valence-electron chi connectivity index (χ0n) is 12.5. The summed E-state index contributed by atoms with van der Waals surface area (Å²) in [5.41, 5.74) is -0.636. The van der Waals surface area contributed by atoms with Gasteiger partial charge in [0.1, 0.15) is 0 Å². The van der Waals surface area contributed by atoms with Crippen molar-refractivity contribution in [1.29, 1.82) is 0 Å². The Hall–Kier alpha value is 0.258. The van der Waals surface area contributed by atoms with E-state index in [1.54, 1.807) is 0 Å². The fraction of sp³-hybridized carbons (Fsp3) is 0.867. The van der Waals surface area contributed by atoms with Crippen molar-refractivity contribution in [2.24, 2.45) is 11.8 Å². The van der Waals surface area contributed by atoms with E-state index >= 15 is 0 Å². The van der Waals surface area contributed by atoms with Gasteiger partial charge >= 0.3 is 113 Å². The molecule has 0 rings (SSSR count). The van der Waals surface area contributed by atoms with Crippen molar-refractivity contribution in [2.75, 3.05) is 0 Å². The molecule has 0 radical (unpaired) electrons. The summed E-state index contributed by atoms with van der Waals surface area (Å²) < 4.78 is 0. The zero-order valence-corrected chi connectivity index (χ0v) is 14.4. The Kier molecular flexibility index (Phi) is 8.50. The molecule has 0 amide bonds. The van der Waals surface area contributed by atoms with Crippen LogP contribution in [0.25, 0.3) is 0 Å². The molecule has 0 aliphatic rings. The van der Waals surface area contributed by atoms with Crippen LogP contribution in [0.15, 0.2) is 10.9 Å². The first-order valence-electron chi connectivity index (χ1n) is 6.86. The third kappa shape index (κ3) is 12.5. The van der Waals surface area contributed by atoms with Gasteiger partial charge in [-0.3, -0.25) is 0 Å². The molecule has 1 N–H and O–H groups in total. The van der Waals surface area contributed by atoms with Gasteiger partial charge in [0, 0.05) is 0 Å². The first-order chi connectivity index (χ1) is 7.70. The molecule has 0 unspecified atom stereocenters. The Morgan fingerprint density at radius 2 is 1.41 bits per heavy atom. The average Bonchev–Trinajstić information content (AvgIpc) is 2.14. The Bertz CT molecular complexity index is 201. The second-order valence-corrected chi connectivity index (χ2v) is 11.3. The molecular formula is C15H31AsO. The molecule has 0 aliphatic heterocycles. The van der Waals surface area contributed by atoms with Crippen LogP contribution in [0.2, 0.25) is 10.4 Å². The normalized spacial score (nSPS) is 13.5. The molecule has 0 saturated carbocycles. The maximum atomic E-state index is 9.76. The quantitative estimate of drug-likeness (QED) is 0.657. The second-order valence-electron chi connectivity index (χ2n) is 6.37. The van der Waals surface area contributed by atoms with Crippen LogP contribution in [0.5, 0.6) is 0 Å². The van der Waals surface area contributed by atoms with E-state index in [-0.39, 0.29) is 0 Å². The molecule has 0 heterocycles. The van der Waals surface area contributed by atoms with Crippen LogP contribution in [0.1, 0.15) is 54.4 Å². The minimum absolute atomic E-state index is 0.636. The van der Waals surface area contributed by atoms with E-state index in [9.17, 15) is 5.11 Å². The third-order valence-electron chi connectivity index (χ3n) is 2.68. The van der Waals surface area contributed by atoms with Gasteiger partial charge in [-0.05, 0) is 0 Å². The standard InChI is InChI=1S/C15H31AsO/c1-13(2)7-10-16(11-8-14(3)4)12-9-15(5,6)17/h9,12-14,17H,7-8,10-11H2,1-6H3/b12-9+. The van der Waals surface area contributed by atoms with E-state index in [1.165, 1.54) is 23.3 Å². The summed E-state index contributed by atoms with van der Waals surface area (Å²) in [6.07, 6.45) is 4.70.